The maximum absolute atomic E-state index is 4.82. The number of hydrogen-bond donors (Lipinski definition) is 0. The van der Waals surface area contributed by atoms with Crippen LogP contribution in [0.15, 0.2) is 71.1 Å². The summed E-state index contributed by atoms with van der Waals surface area (Å²) in [6.45, 7) is 4.84. The molecule has 0 aliphatic heterocycles. The summed E-state index contributed by atoms with van der Waals surface area (Å²) in [5.74, 6) is 0. The number of thiazole rings is 1. The van der Waals surface area contributed by atoms with Crippen molar-refractivity contribution in [2.24, 2.45) is 5.10 Å². The number of hydrogen-bond acceptors (Lipinski definition) is 4. The molecule has 2 aromatic carbocycles. The van der Waals surface area contributed by atoms with E-state index in [1.807, 2.05) is 42.4 Å². The van der Waals surface area contributed by atoms with Crippen molar-refractivity contribution in [2.75, 3.05) is 5.01 Å². The zero-order valence-electron chi connectivity index (χ0n) is 14.8. The third kappa shape index (κ3) is 3.26. The Kier molecular flexibility index (Phi) is 4.54. The number of aromatic nitrogens is 2. The Labute approximate surface area is 157 Å². The van der Waals surface area contributed by atoms with Crippen molar-refractivity contribution < 1.29 is 0 Å². The minimum Gasteiger partial charge on any atom is -0.286 e. The van der Waals surface area contributed by atoms with Crippen LogP contribution in [0.3, 0.4) is 0 Å². The molecular formula is C21H20N4S. The first kappa shape index (κ1) is 16.5. The minimum absolute atomic E-state index is 0.713. The van der Waals surface area contributed by atoms with Crippen molar-refractivity contribution in [1.29, 1.82) is 0 Å². The van der Waals surface area contributed by atoms with E-state index in [9.17, 15) is 0 Å². The molecule has 4 nitrogen and oxygen atoms in total. The normalized spacial score (nSPS) is 11.5. The molecule has 0 saturated heterocycles. The van der Waals surface area contributed by atoms with E-state index in [1.165, 1.54) is 11.3 Å². The van der Waals surface area contributed by atoms with E-state index >= 15 is 0 Å². The molecule has 0 aliphatic rings. The number of benzene rings is 2. The van der Waals surface area contributed by atoms with Gasteiger partial charge >= 0.3 is 0 Å². The van der Waals surface area contributed by atoms with Gasteiger partial charge in [0.2, 0.25) is 0 Å². The number of hydrazone groups is 1. The van der Waals surface area contributed by atoms with Crippen LogP contribution in [-0.2, 0) is 6.54 Å². The fourth-order valence-electron chi connectivity index (χ4n) is 2.96. The van der Waals surface area contributed by atoms with Gasteiger partial charge in [-0.15, -0.1) is 11.3 Å². The topological polar surface area (TPSA) is 32.9 Å². The van der Waals surface area contributed by atoms with E-state index in [4.69, 9.17) is 5.10 Å². The average molecular weight is 360 g/mol. The van der Waals surface area contributed by atoms with Crippen LogP contribution in [-0.4, -0.2) is 15.6 Å². The molecule has 0 N–H and O–H groups in total. The van der Waals surface area contributed by atoms with E-state index < -0.39 is 0 Å². The van der Waals surface area contributed by atoms with Crippen LogP contribution in [0.2, 0.25) is 0 Å². The summed E-state index contributed by atoms with van der Waals surface area (Å²) in [5.41, 5.74) is 5.49. The van der Waals surface area contributed by atoms with Gasteiger partial charge in [-0.1, -0.05) is 48.5 Å². The number of rotatable bonds is 5. The summed E-state index contributed by atoms with van der Waals surface area (Å²) in [7, 11) is 0. The molecule has 130 valence electrons. The zero-order valence-corrected chi connectivity index (χ0v) is 15.6. The highest BCUT2D eigenvalue weighted by atomic mass is 32.1. The van der Waals surface area contributed by atoms with Crippen LogP contribution in [0, 0.1) is 13.8 Å². The number of fused-ring (bicyclic) bond motifs is 1. The summed E-state index contributed by atoms with van der Waals surface area (Å²) in [4.78, 5) is 5.65. The van der Waals surface area contributed by atoms with Crippen molar-refractivity contribution >= 4 is 28.2 Å². The molecule has 4 aromatic rings. The first-order chi connectivity index (χ1) is 12.7. The summed E-state index contributed by atoms with van der Waals surface area (Å²) in [5, 5.41) is 8.96. The van der Waals surface area contributed by atoms with Crippen LogP contribution in [0.4, 0.5) is 5.69 Å². The molecular weight excluding hydrogens is 340 g/mol. The van der Waals surface area contributed by atoms with Crippen LogP contribution in [0.5, 0.6) is 0 Å². The molecule has 0 amide bonds. The molecule has 26 heavy (non-hydrogen) atoms. The van der Waals surface area contributed by atoms with Gasteiger partial charge in [-0.25, -0.2) is 4.98 Å². The molecule has 0 unspecified atom stereocenters. The standard InChI is InChI=1S/C21H20N4S/c1-16-15-26-21-23-17(2)20(25(16)21)13-22-24(19-11-7-4-8-12-19)14-18-9-5-3-6-10-18/h3-13,15H,14H2,1-2H3. The minimum atomic E-state index is 0.713. The highest BCUT2D eigenvalue weighted by Crippen LogP contribution is 2.21. The second kappa shape index (κ2) is 7.14. The lowest BCUT2D eigenvalue weighted by Gasteiger charge is -2.19. The van der Waals surface area contributed by atoms with Crippen molar-refractivity contribution in [2.45, 2.75) is 20.4 Å². The molecule has 4 rings (SSSR count). The second-order valence-electron chi connectivity index (χ2n) is 6.20. The molecule has 0 atom stereocenters. The molecule has 0 fully saturated rings. The monoisotopic (exact) mass is 360 g/mol. The van der Waals surface area contributed by atoms with Gasteiger partial charge in [0.25, 0.3) is 0 Å². The quantitative estimate of drug-likeness (QED) is 0.368. The zero-order chi connectivity index (χ0) is 17.9. The first-order valence-corrected chi connectivity index (χ1v) is 9.44. The van der Waals surface area contributed by atoms with E-state index in [1.54, 1.807) is 11.3 Å². The predicted octanol–water partition coefficient (Wildman–Crippen LogP) is 5.05. The highest BCUT2D eigenvalue weighted by Gasteiger charge is 2.11. The van der Waals surface area contributed by atoms with Gasteiger partial charge in [0.15, 0.2) is 4.96 Å². The molecule has 2 aromatic heterocycles. The van der Waals surface area contributed by atoms with Gasteiger partial charge < -0.3 is 0 Å². The third-order valence-corrected chi connectivity index (χ3v) is 5.25. The third-order valence-electron chi connectivity index (χ3n) is 4.30. The summed E-state index contributed by atoms with van der Waals surface area (Å²) >= 11 is 1.66. The Hall–Kier alpha value is -2.92. The van der Waals surface area contributed by atoms with Gasteiger partial charge in [-0.05, 0) is 31.5 Å². The van der Waals surface area contributed by atoms with Crippen molar-refractivity contribution in [1.82, 2.24) is 9.38 Å². The van der Waals surface area contributed by atoms with Crippen LogP contribution < -0.4 is 5.01 Å². The molecule has 0 spiro atoms. The Balaban J connectivity index is 1.71. The Morgan fingerprint density at radius 1 is 1.04 bits per heavy atom. The molecule has 5 heteroatoms. The van der Waals surface area contributed by atoms with Crippen molar-refractivity contribution in [3.63, 3.8) is 0 Å². The Bertz CT molecular complexity index is 1030. The fraction of sp³-hybridized carbons (Fsp3) is 0.143. The van der Waals surface area contributed by atoms with Crippen LogP contribution in [0.25, 0.3) is 4.96 Å². The summed E-state index contributed by atoms with van der Waals surface area (Å²) in [6, 6.07) is 20.6. The van der Waals surface area contributed by atoms with Gasteiger partial charge in [-0.3, -0.25) is 9.41 Å². The number of anilines is 1. The fourth-order valence-corrected chi connectivity index (χ4v) is 3.88. The number of para-hydroxylation sites is 1. The van der Waals surface area contributed by atoms with Crippen molar-refractivity contribution in [3.05, 3.63) is 88.7 Å². The van der Waals surface area contributed by atoms with E-state index in [0.717, 1.165) is 22.0 Å². The van der Waals surface area contributed by atoms with Crippen LogP contribution in [0.1, 0.15) is 22.6 Å². The molecule has 0 aliphatic carbocycles. The lowest BCUT2D eigenvalue weighted by atomic mass is 10.2. The summed E-state index contributed by atoms with van der Waals surface area (Å²) < 4.78 is 2.16. The number of aryl methyl sites for hydroxylation is 2. The lowest BCUT2D eigenvalue weighted by molar-refractivity contribution is 0.857. The van der Waals surface area contributed by atoms with Gasteiger partial charge in [-0.2, -0.15) is 5.10 Å². The molecule has 0 saturated carbocycles. The van der Waals surface area contributed by atoms with Crippen LogP contribution >= 0.6 is 11.3 Å². The van der Waals surface area contributed by atoms with Crippen molar-refractivity contribution in [3.8, 4) is 0 Å². The Morgan fingerprint density at radius 2 is 1.73 bits per heavy atom. The van der Waals surface area contributed by atoms with Gasteiger partial charge in [0.1, 0.15) is 0 Å². The molecule has 0 bridgehead atoms. The molecule has 2 heterocycles. The van der Waals surface area contributed by atoms with Gasteiger partial charge in [0.05, 0.1) is 29.8 Å². The SMILES string of the molecule is Cc1nc2scc(C)n2c1C=NN(Cc1ccccc1)c1ccccc1. The summed E-state index contributed by atoms with van der Waals surface area (Å²) in [6.07, 6.45) is 1.92. The van der Waals surface area contributed by atoms with E-state index in [-0.39, 0.29) is 0 Å². The van der Waals surface area contributed by atoms with E-state index in [2.05, 4.69) is 58.1 Å². The smallest absolute Gasteiger partial charge is 0.194 e. The lowest BCUT2D eigenvalue weighted by Crippen LogP contribution is -2.16. The average Bonchev–Trinajstić information content (AvgIpc) is 3.19. The Morgan fingerprint density at radius 3 is 2.46 bits per heavy atom. The number of imidazole rings is 1. The second-order valence-corrected chi connectivity index (χ2v) is 7.04. The molecule has 0 radical (unpaired) electrons. The maximum atomic E-state index is 4.82. The van der Waals surface area contributed by atoms with E-state index in [0.29, 0.717) is 6.54 Å². The number of nitrogens with zero attached hydrogens (tertiary/aromatic N) is 4. The first-order valence-electron chi connectivity index (χ1n) is 8.56. The van der Waals surface area contributed by atoms with Gasteiger partial charge in [0, 0.05) is 11.1 Å². The highest BCUT2D eigenvalue weighted by molar-refractivity contribution is 7.15. The predicted molar refractivity (Wildman–Crippen MR) is 109 cm³/mol. The maximum Gasteiger partial charge on any atom is 0.194 e. The largest absolute Gasteiger partial charge is 0.286 e.